The number of nitrogens with zero attached hydrogens (tertiary/aromatic N) is 1. The second-order valence-corrected chi connectivity index (χ2v) is 6.72. The summed E-state index contributed by atoms with van der Waals surface area (Å²) in [4.78, 5) is 16.6. The molecule has 5 nitrogen and oxygen atoms in total. The van der Waals surface area contributed by atoms with Crippen LogP contribution in [0.3, 0.4) is 0 Å². The summed E-state index contributed by atoms with van der Waals surface area (Å²) in [6, 6.07) is 4.84. The number of nitrogens with two attached hydrogens (primary N) is 1. The maximum atomic E-state index is 12.1. The minimum absolute atomic E-state index is 0.200. The highest BCUT2D eigenvalue weighted by Gasteiger charge is 2.27. The largest absolute Gasteiger partial charge is 0.440 e. The van der Waals surface area contributed by atoms with Crippen LogP contribution in [-0.4, -0.2) is 16.9 Å². The molecule has 1 unspecified atom stereocenters. The Kier molecular flexibility index (Phi) is 4.05. The van der Waals surface area contributed by atoms with Crippen molar-refractivity contribution in [1.82, 2.24) is 4.98 Å². The number of fused-ring (bicyclic) bond motifs is 1. The molecule has 5 heteroatoms. The molecule has 0 radical (unpaired) electrons. The van der Waals surface area contributed by atoms with Crippen LogP contribution in [0, 0.1) is 5.41 Å². The van der Waals surface area contributed by atoms with Crippen molar-refractivity contribution in [1.29, 1.82) is 0 Å². The number of rotatable bonds is 3. The molecule has 0 saturated heterocycles. The normalized spacial score (nSPS) is 13.7. The van der Waals surface area contributed by atoms with Crippen molar-refractivity contribution >= 4 is 22.7 Å². The van der Waals surface area contributed by atoms with Crippen molar-refractivity contribution in [3.8, 4) is 0 Å². The van der Waals surface area contributed by atoms with Gasteiger partial charge < -0.3 is 15.5 Å². The van der Waals surface area contributed by atoms with Crippen LogP contribution in [0.25, 0.3) is 11.1 Å². The molecule has 1 aromatic carbocycles. The first-order chi connectivity index (χ1) is 9.68. The van der Waals surface area contributed by atoms with Gasteiger partial charge in [0, 0.05) is 11.6 Å². The Bertz CT molecular complexity index is 653. The summed E-state index contributed by atoms with van der Waals surface area (Å²) in [7, 11) is 0. The molecule has 0 spiro atoms. The van der Waals surface area contributed by atoms with Crippen molar-refractivity contribution in [2.45, 2.75) is 46.6 Å². The van der Waals surface area contributed by atoms with Crippen LogP contribution in [0.4, 0.5) is 5.69 Å². The molecule has 1 atom stereocenters. The summed E-state index contributed by atoms with van der Waals surface area (Å²) < 4.78 is 5.64. The van der Waals surface area contributed by atoms with E-state index in [1.807, 2.05) is 40.7 Å². The topological polar surface area (TPSA) is 81.2 Å². The number of oxazole rings is 1. The summed E-state index contributed by atoms with van der Waals surface area (Å²) in [6.45, 7) is 9.86. The summed E-state index contributed by atoms with van der Waals surface area (Å²) >= 11 is 0. The second-order valence-electron chi connectivity index (χ2n) is 6.72. The molecular formula is C16H23N3O2. The van der Waals surface area contributed by atoms with Gasteiger partial charge >= 0.3 is 0 Å². The molecule has 0 bridgehead atoms. The number of nitrogens with one attached hydrogen (secondary N) is 1. The van der Waals surface area contributed by atoms with Gasteiger partial charge in [0.05, 0.1) is 6.04 Å². The van der Waals surface area contributed by atoms with Crippen molar-refractivity contribution < 1.29 is 9.21 Å². The lowest BCUT2D eigenvalue weighted by Gasteiger charge is -2.25. The Morgan fingerprint density at radius 3 is 2.57 bits per heavy atom. The third-order valence-electron chi connectivity index (χ3n) is 3.38. The van der Waals surface area contributed by atoms with Crippen LogP contribution in [0.1, 0.15) is 46.4 Å². The van der Waals surface area contributed by atoms with E-state index in [-0.39, 0.29) is 17.2 Å². The molecule has 0 aliphatic rings. The summed E-state index contributed by atoms with van der Waals surface area (Å²) in [5.74, 6) is 0.721. The first-order valence-corrected chi connectivity index (χ1v) is 7.15. The molecule has 2 rings (SSSR count). The maximum absolute atomic E-state index is 12.1. The summed E-state index contributed by atoms with van der Waals surface area (Å²) in [6.07, 6.45) is 0. The van der Waals surface area contributed by atoms with E-state index in [0.29, 0.717) is 11.6 Å². The van der Waals surface area contributed by atoms with Crippen molar-refractivity contribution in [3.05, 3.63) is 24.1 Å². The fourth-order valence-electron chi connectivity index (χ4n) is 1.88. The molecule has 21 heavy (non-hydrogen) atoms. The fourth-order valence-corrected chi connectivity index (χ4v) is 1.88. The number of anilines is 1. The molecule has 2 aromatic rings. The van der Waals surface area contributed by atoms with E-state index in [1.54, 1.807) is 12.1 Å². The molecule has 1 heterocycles. The van der Waals surface area contributed by atoms with E-state index in [0.717, 1.165) is 11.1 Å². The quantitative estimate of drug-likeness (QED) is 0.908. The van der Waals surface area contributed by atoms with E-state index in [9.17, 15) is 4.79 Å². The molecule has 0 fully saturated rings. The van der Waals surface area contributed by atoms with Gasteiger partial charge in [-0.2, -0.15) is 0 Å². The highest BCUT2D eigenvalue weighted by Crippen LogP contribution is 2.24. The van der Waals surface area contributed by atoms with Gasteiger partial charge in [0.25, 0.3) is 0 Å². The predicted molar refractivity (Wildman–Crippen MR) is 84.2 cm³/mol. The van der Waals surface area contributed by atoms with E-state index in [1.165, 1.54) is 0 Å². The van der Waals surface area contributed by atoms with Crippen LogP contribution in [0.2, 0.25) is 0 Å². The number of hydrogen-bond acceptors (Lipinski definition) is 4. The van der Waals surface area contributed by atoms with Gasteiger partial charge in [-0.15, -0.1) is 0 Å². The SMILES string of the molecule is CC(C)c1nc2cc(NC(=O)C(N)C(C)(C)C)ccc2o1. The third kappa shape index (κ3) is 3.42. The Morgan fingerprint density at radius 1 is 1.33 bits per heavy atom. The van der Waals surface area contributed by atoms with Gasteiger partial charge in [-0.3, -0.25) is 4.79 Å². The molecule has 1 aromatic heterocycles. The third-order valence-corrected chi connectivity index (χ3v) is 3.38. The van der Waals surface area contributed by atoms with E-state index < -0.39 is 6.04 Å². The van der Waals surface area contributed by atoms with Gasteiger partial charge in [-0.1, -0.05) is 34.6 Å². The number of hydrogen-bond donors (Lipinski definition) is 2. The van der Waals surface area contributed by atoms with Crippen LogP contribution < -0.4 is 11.1 Å². The zero-order valence-electron chi connectivity index (χ0n) is 13.2. The smallest absolute Gasteiger partial charge is 0.241 e. The molecule has 114 valence electrons. The molecule has 3 N–H and O–H groups in total. The Hall–Kier alpha value is -1.88. The van der Waals surface area contributed by atoms with Crippen LogP contribution in [0.5, 0.6) is 0 Å². The lowest BCUT2D eigenvalue weighted by atomic mass is 9.87. The molecular weight excluding hydrogens is 266 g/mol. The number of aromatic nitrogens is 1. The zero-order valence-corrected chi connectivity index (χ0v) is 13.2. The minimum atomic E-state index is -0.572. The molecule has 0 saturated carbocycles. The Labute approximate surface area is 124 Å². The van der Waals surface area contributed by atoms with Gasteiger partial charge in [0.2, 0.25) is 5.91 Å². The highest BCUT2D eigenvalue weighted by atomic mass is 16.3. The highest BCUT2D eigenvalue weighted by molar-refractivity contribution is 5.96. The van der Waals surface area contributed by atoms with Crippen molar-refractivity contribution in [2.24, 2.45) is 11.1 Å². The van der Waals surface area contributed by atoms with Crippen LogP contribution in [-0.2, 0) is 4.79 Å². The standard InChI is InChI=1S/C16H23N3O2/c1-9(2)15-19-11-8-10(6-7-12(11)21-15)18-14(20)13(17)16(3,4)5/h6-9,13H,17H2,1-5H3,(H,18,20). The number of benzene rings is 1. The average Bonchev–Trinajstić information content (AvgIpc) is 2.79. The number of amides is 1. The monoisotopic (exact) mass is 289 g/mol. The zero-order chi connectivity index (χ0) is 15.8. The second kappa shape index (κ2) is 5.48. The van der Waals surface area contributed by atoms with E-state index in [2.05, 4.69) is 10.3 Å². The van der Waals surface area contributed by atoms with E-state index >= 15 is 0 Å². The first kappa shape index (κ1) is 15.5. The van der Waals surface area contributed by atoms with Gasteiger partial charge in [0.15, 0.2) is 11.5 Å². The number of carbonyl (C=O) groups is 1. The Balaban J connectivity index is 2.21. The van der Waals surface area contributed by atoms with Crippen molar-refractivity contribution in [3.63, 3.8) is 0 Å². The maximum Gasteiger partial charge on any atom is 0.241 e. The minimum Gasteiger partial charge on any atom is -0.440 e. The predicted octanol–water partition coefficient (Wildman–Crippen LogP) is 3.26. The van der Waals surface area contributed by atoms with Crippen LogP contribution >= 0.6 is 0 Å². The first-order valence-electron chi connectivity index (χ1n) is 7.15. The Morgan fingerprint density at radius 2 is 2.00 bits per heavy atom. The summed E-state index contributed by atoms with van der Waals surface area (Å²) in [5.41, 5.74) is 7.80. The lowest BCUT2D eigenvalue weighted by molar-refractivity contribution is -0.119. The lowest BCUT2D eigenvalue weighted by Crippen LogP contribution is -2.45. The summed E-state index contributed by atoms with van der Waals surface area (Å²) in [5, 5.41) is 2.83. The van der Waals surface area contributed by atoms with Gasteiger partial charge in [-0.05, 0) is 23.6 Å². The van der Waals surface area contributed by atoms with Gasteiger partial charge in [0.1, 0.15) is 5.52 Å². The van der Waals surface area contributed by atoms with Crippen LogP contribution in [0.15, 0.2) is 22.6 Å². The van der Waals surface area contributed by atoms with E-state index in [4.69, 9.17) is 10.2 Å². The van der Waals surface area contributed by atoms with Gasteiger partial charge in [-0.25, -0.2) is 4.98 Å². The fraction of sp³-hybridized carbons (Fsp3) is 0.500. The van der Waals surface area contributed by atoms with Crippen molar-refractivity contribution in [2.75, 3.05) is 5.32 Å². The number of carbonyl (C=O) groups excluding carboxylic acids is 1. The molecule has 1 amide bonds. The molecule has 0 aliphatic carbocycles. The molecule has 0 aliphatic heterocycles. The average molecular weight is 289 g/mol.